The zero-order valence-electron chi connectivity index (χ0n) is 19.0. The fourth-order valence-electron chi connectivity index (χ4n) is 5.37. The van der Waals surface area contributed by atoms with Crippen LogP contribution < -0.4 is 14.2 Å². The van der Waals surface area contributed by atoms with E-state index in [0.29, 0.717) is 30.9 Å². The van der Waals surface area contributed by atoms with Crippen LogP contribution in [0, 0.1) is 0 Å². The van der Waals surface area contributed by atoms with Crippen molar-refractivity contribution in [1.29, 1.82) is 0 Å². The molecule has 0 unspecified atom stereocenters. The number of hydrogen-bond acceptors (Lipinski definition) is 6. The van der Waals surface area contributed by atoms with E-state index in [1.165, 1.54) is 0 Å². The fourth-order valence-corrected chi connectivity index (χ4v) is 5.86. The number of methoxy groups -OCH3 is 3. The first-order valence-corrected chi connectivity index (χ1v) is 12.0. The summed E-state index contributed by atoms with van der Waals surface area (Å²) in [4.78, 5) is 15.1. The Bertz CT molecular complexity index is 1290. The van der Waals surface area contributed by atoms with Gasteiger partial charge in [0.2, 0.25) is 10.0 Å². The van der Waals surface area contributed by atoms with E-state index >= 15 is 0 Å². The quantitative estimate of drug-likeness (QED) is 0.244. The summed E-state index contributed by atoms with van der Waals surface area (Å²) in [5, 5.41) is 3.94. The van der Waals surface area contributed by atoms with Gasteiger partial charge in [0.15, 0.2) is 11.5 Å². The van der Waals surface area contributed by atoms with Crippen LogP contribution in [0.5, 0.6) is 17.2 Å². The summed E-state index contributed by atoms with van der Waals surface area (Å²) >= 11 is 18.5. The first kappa shape index (κ1) is 23.6. The molecule has 2 atom stereocenters. The number of carbonyl (C=O) groups is 1. The Morgan fingerprint density at radius 3 is 2.41 bits per heavy atom. The third-order valence-corrected chi connectivity index (χ3v) is 7.49. The van der Waals surface area contributed by atoms with Crippen molar-refractivity contribution in [2.75, 3.05) is 27.9 Å². The molecular weight excluding hydrogens is 501 g/mol. The Hall–Kier alpha value is -2.12. The number of hydrogen-bond donors (Lipinski definition) is 0. The number of nitrogens with zero attached hydrogens (tertiary/aromatic N) is 1. The zero-order chi connectivity index (χ0) is 24.3. The fraction of sp³-hybridized carbons (Fsp3) is 0.400. The smallest absolute Gasteiger partial charge is 0.328 e. The van der Waals surface area contributed by atoms with Gasteiger partial charge in [-0.25, -0.2) is 9.69 Å². The minimum absolute atomic E-state index is 0.351. The van der Waals surface area contributed by atoms with Gasteiger partial charge in [0.1, 0.15) is 11.3 Å². The molecule has 5 rings (SSSR count). The van der Waals surface area contributed by atoms with E-state index in [1.54, 1.807) is 21.3 Å². The van der Waals surface area contributed by atoms with Crippen LogP contribution in [0.15, 0.2) is 36.4 Å². The van der Waals surface area contributed by atoms with Gasteiger partial charge in [-0.1, -0.05) is 46.9 Å². The second-order valence-electron chi connectivity index (χ2n) is 8.68. The van der Waals surface area contributed by atoms with Gasteiger partial charge in [0.25, 0.3) is 0 Å². The van der Waals surface area contributed by atoms with Crippen LogP contribution in [0.1, 0.15) is 18.4 Å². The van der Waals surface area contributed by atoms with Crippen molar-refractivity contribution >= 4 is 62.3 Å². The summed E-state index contributed by atoms with van der Waals surface area (Å²) in [5.41, 5.74) is 0.109. The van der Waals surface area contributed by atoms with Crippen LogP contribution in [0.4, 0.5) is 0 Å². The van der Waals surface area contributed by atoms with Crippen LogP contribution in [0.25, 0.3) is 21.5 Å². The molecule has 2 saturated heterocycles. The molecule has 0 aliphatic carbocycles. The molecule has 0 bridgehead atoms. The van der Waals surface area contributed by atoms with Gasteiger partial charge in [0, 0.05) is 13.0 Å². The lowest BCUT2D eigenvalue weighted by atomic mass is 9.85. The van der Waals surface area contributed by atoms with Crippen LogP contribution in [-0.2, 0) is 16.0 Å². The molecular formula is C25H24Cl3NO5. The molecule has 0 saturated carbocycles. The molecule has 0 N–H and O–H groups in total. The SMILES string of the molecule is COc1ccc2c(C[C@]34CCCN3[C@H](C(Cl)(Cl)Cl)OC4=O)cc3cc(OC)c(OC)cc3c2c1. The lowest BCUT2D eigenvalue weighted by Gasteiger charge is -2.32. The maximum atomic E-state index is 13.2. The number of fused-ring (bicyclic) bond motifs is 4. The van der Waals surface area contributed by atoms with Crippen LogP contribution in [-0.4, -0.2) is 54.3 Å². The molecule has 3 aromatic rings. The number of cyclic esters (lactones) is 1. The third-order valence-electron chi connectivity index (χ3n) is 6.93. The van der Waals surface area contributed by atoms with Gasteiger partial charge in [-0.3, -0.25) is 0 Å². The maximum absolute atomic E-state index is 13.2. The number of carbonyl (C=O) groups excluding carboxylic acids is 1. The van der Waals surface area contributed by atoms with Gasteiger partial charge in [-0.15, -0.1) is 0 Å². The Morgan fingerprint density at radius 1 is 1.00 bits per heavy atom. The van der Waals surface area contributed by atoms with E-state index in [-0.39, 0.29) is 5.97 Å². The Morgan fingerprint density at radius 2 is 1.74 bits per heavy atom. The number of alkyl halides is 3. The first-order valence-electron chi connectivity index (χ1n) is 10.9. The number of esters is 1. The summed E-state index contributed by atoms with van der Waals surface area (Å²) in [7, 11) is 4.86. The minimum Gasteiger partial charge on any atom is -0.497 e. The highest BCUT2D eigenvalue weighted by molar-refractivity contribution is 6.68. The molecule has 2 aliphatic heterocycles. The molecule has 3 aromatic carbocycles. The summed E-state index contributed by atoms with van der Waals surface area (Å²) in [6.45, 7) is 0.620. The maximum Gasteiger partial charge on any atom is 0.328 e. The molecule has 34 heavy (non-hydrogen) atoms. The predicted octanol–water partition coefficient (Wildman–Crippen LogP) is 5.65. The van der Waals surface area contributed by atoms with Crippen LogP contribution in [0.2, 0.25) is 0 Å². The monoisotopic (exact) mass is 523 g/mol. The minimum atomic E-state index is -1.73. The molecule has 0 spiro atoms. The normalized spacial score (nSPS) is 22.8. The van der Waals surface area contributed by atoms with E-state index in [9.17, 15) is 4.79 Å². The van der Waals surface area contributed by atoms with Crippen molar-refractivity contribution in [1.82, 2.24) is 4.90 Å². The number of halogens is 3. The first-order chi connectivity index (χ1) is 16.2. The van der Waals surface area contributed by atoms with Crippen LogP contribution in [0.3, 0.4) is 0 Å². The average molecular weight is 525 g/mol. The second-order valence-corrected chi connectivity index (χ2v) is 11.0. The summed E-state index contributed by atoms with van der Waals surface area (Å²) in [6.07, 6.45) is 0.959. The highest BCUT2D eigenvalue weighted by atomic mass is 35.6. The highest BCUT2D eigenvalue weighted by Gasteiger charge is 2.62. The number of rotatable bonds is 5. The molecule has 6 nitrogen and oxygen atoms in total. The summed E-state index contributed by atoms with van der Waals surface area (Å²) < 4.78 is 20.4. The number of benzene rings is 3. The molecule has 2 fully saturated rings. The molecule has 9 heteroatoms. The zero-order valence-corrected chi connectivity index (χ0v) is 21.3. The van der Waals surface area contributed by atoms with E-state index in [0.717, 1.165) is 39.3 Å². The lowest BCUT2D eigenvalue weighted by molar-refractivity contribution is -0.145. The van der Waals surface area contributed by atoms with Crippen molar-refractivity contribution in [3.05, 3.63) is 42.0 Å². The molecule has 2 aliphatic rings. The second kappa shape index (κ2) is 8.52. The Kier molecular flexibility index (Phi) is 5.92. The van der Waals surface area contributed by atoms with Crippen molar-refractivity contribution in [3.63, 3.8) is 0 Å². The topological polar surface area (TPSA) is 57.2 Å². The number of ether oxygens (including phenoxy) is 4. The van der Waals surface area contributed by atoms with E-state index in [1.807, 2.05) is 35.2 Å². The molecule has 180 valence electrons. The van der Waals surface area contributed by atoms with Crippen LogP contribution >= 0.6 is 34.8 Å². The largest absolute Gasteiger partial charge is 0.497 e. The molecule has 2 heterocycles. The molecule has 0 aromatic heterocycles. The molecule has 0 radical (unpaired) electrons. The van der Waals surface area contributed by atoms with Crippen molar-refractivity contribution in [3.8, 4) is 17.2 Å². The van der Waals surface area contributed by atoms with Gasteiger partial charge in [-0.2, -0.15) is 0 Å². The highest BCUT2D eigenvalue weighted by Crippen LogP contribution is 2.49. The average Bonchev–Trinajstić information content (AvgIpc) is 3.35. The van der Waals surface area contributed by atoms with Gasteiger partial charge < -0.3 is 18.9 Å². The van der Waals surface area contributed by atoms with Crippen molar-refractivity contribution < 1.29 is 23.7 Å². The summed E-state index contributed by atoms with van der Waals surface area (Å²) in [5.74, 6) is 1.64. The van der Waals surface area contributed by atoms with Gasteiger partial charge in [0.05, 0.1) is 21.3 Å². The summed E-state index contributed by atoms with van der Waals surface area (Å²) in [6, 6.07) is 11.9. The van der Waals surface area contributed by atoms with Gasteiger partial charge >= 0.3 is 5.97 Å². The standard InChI is InChI=1S/C25H24Cl3NO5/c1-31-16-5-6-17-15(9-14-10-20(32-2)21(33-3)12-18(14)19(17)11-16)13-24-7-4-8-29(24)22(25(26,27)28)34-23(24)30/h5-6,9-12,22H,4,7-8,13H2,1-3H3/t22-,24-/m0/s1. The lowest BCUT2D eigenvalue weighted by Crippen LogP contribution is -2.50. The van der Waals surface area contributed by atoms with Crippen molar-refractivity contribution in [2.45, 2.75) is 34.8 Å². The van der Waals surface area contributed by atoms with E-state index in [4.69, 9.17) is 53.8 Å². The predicted molar refractivity (Wildman–Crippen MR) is 134 cm³/mol. The Balaban J connectivity index is 1.71. The van der Waals surface area contributed by atoms with Crippen molar-refractivity contribution in [2.24, 2.45) is 0 Å². The van der Waals surface area contributed by atoms with Gasteiger partial charge in [-0.05, 0) is 64.2 Å². The Labute approximate surface area is 212 Å². The molecule has 0 amide bonds. The van der Waals surface area contributed by atoms with E-state index < -0.39 is 15.6 Å². The third kappa shape index (κ3) is 3.63. The van der Waals surface area contributed by atoms with E-state index in [2.05, 4.69) is 6.07 Å².